The van der Waals surface area contributed by atoms with Gasteiger partial charge in [0.2, 0.25) is 0 Å². The zero-order chi connectivity index (χ0) is 17.0. The maximum atomic E-state index is 8.67. The second-order valence-corrected chi connectivity index (χ2v) is 7.37. The van der Waals surface area contributed by atoms with E-state index >= 15 is 0 Å². The van der Waals surface area contributed by atoms with Crippen LogP contribution in [0.15, 0.2) is 28.1 Å². The molecular weight excluding hydrogens is 349 g/mol. The molecule has 2 rings (SSSR count). The third kappa shape index (κ3) is 4.60. The first-order valence-corrected chi connectivity index (χ1v) is 8.86. The van der Waals surface area contributed by atoms with Crippen molar-refractivity contribution in [3.63, 3.8) is 0 Å². The van der Waals surface area contributed by atoms with Gasteiger partial charge >= 0.3 is 0 Å². The van der Waals surface area contributed by atoms with Crippen molar-refractivity contribution in [2.24, 2.45) is 0 Å². The molecule has 120 valence electrons. The molecule has 0 saturated heterocycles. The monoisotopic (exact) mass is 365 g/mol. The van der Waals surface area contributed by atoms with Gasteiger partial charge in [-0.3, -0.25) is 0 Å². The van der Waals surface area contributed by atoms with E-state index in [1.54, 1.807) is 0 Å². The molecule has 6 heteroatoms. The molecule has 0 atom stereocenters. The number of aryl methyl sites for hydroxylation is 2. The van der Waals surface area contributed by atoms with E-state index < -0.39 is 0 Å². The highest BCUT2D eigenvalue weighted by Crippen LogP contribution is 2.39. The Morgan fingerprint density at radius 2 is 1.83 bits per heavy atom. The van der Waals surface area contributed by atoms with Crippen molar-refractivity contribution < 1.29 is 0 Å². The van der Waals surface area contributed by atoms with Crippen molar-refractivity contribution >= 4 is 35.0 Å². The van der Waals surface area contributed by atoms with Crippen LogP contribution in [-0.2, 0) is 6.42 Å². The molecule has 0 aliphatic heterocycles. The summed E-state index contributed by atoms with van der Waals surface area (Å²) in [5.74, 6) is 0.379. The first kappa shape index (κ1) is 18.1. The van der Waals surface area contributed by atoms with Gasteiger partial charge in [-0.1, -0.05) is 48.8 Å². The zero-order valence-corrected chi connectivity index (χ0v) is 15.6. The van der Waals surface area contributed by atoms with Gasteiger partial charge < -0.3 is 0 Å². The lowest BCUT2D eigenvalue weighted by atomic mass is 10.0. The van der Waals surface area contributed by atoms with Gasteiger partial charge in [0.25, 0.3) is 0 Å². The number of hydrogen-bond donors (Lipinski definition) is 0. The van der Waals surface area contributed by atoms with E-state index in [9.17, 15) is 0 Å². The quantitative estimate of drug-likeness (QED) is 0.669. The Kier molecular flexibility index (Phi) is 6.29. The molecule has 1 heterocycles. The Morgan fingerprint density at radius 3 is 2.39 bits per heavy atom. The summed E-state index contributed by atoms with van der Waals surface area (Å²) < 4.78 is 0. The molecule has 0 radical (unpaired) electrons. The maximum Gasteiger partial charge on any atom is 0.124 e. The average Bonchev–Trinajstić information content (AvgIpc) is 2.50. The van der Waals surface area contributed by atoms with Crippen molar-refractivity contribution in [1.29, 1.82) is 5.26 Å². The van der Waals surface area contributed by atoms with Crippen molar-refractivity contribution in [3.8, 4) is 6.07 Å². The predicted octanol–water partition coefficient (Wildman–Crippen LogP) is 5.82. The van der Waals surface area contributed by atoms with Crippen LogP contribution in [0.5, 0.6) is 0 Å². The lowest BCUT2D eigenvalue weighted by molar-refractivity contribution is 0.790. The highest BCUT2D eigenvalue weighted by molar-refractivity contribution is 7.99. The first-order valence-electron chi connectivity index (χ1n) is 7.29. The molecule has 0 spiro atoms. The van der Waals surface area contributed by atoms with Crippen LogP contribution in [0.3, 0.4) is 0 Å². The second-order valence-electron chi connectivity index (χ2n) is 5.53. The number of aromatic nitrogens is 2. The minimum absolute atomic E-state index is 0.379. The molecule has 1 aromatic heterocycles. The molecule has 23 heavy (non-hydrogen) atoms. The smallest absolute Gasteiger partial charge is 0.124 e. The van der Waals surface area contributed by atoms with Gasteiger partial charge in [-0.15, -0.1) is 5.10 Å². The van der Waals surface area contributed by atoms with Crippen LogP contribution in [0.1, 0.15) is 43.0 Å². The van der Waals surface area contributed by atoms with Gasteiger partial charge in [-0.25, -0.2) is 0 Å². The largest absolute Gasteiger partial charge is 0.198 e. The van der Waals surface area contributed by atoms with Gasteiger partial charge in [0.1, 0.15) is 5.03 Å². The summed E-state index contributed by atoms with van der Waals surface area (Å²) in [4.78, 5) is 0.766. The van der Waals surface area contributed by atoms with Crippen molar-refractivity contribution in [2.45, 2.75) is 49.5 Å². The molecule has 0 bridgehead atoms. The minimum atomic E-state index is 0.379. The van der Waals surface area contributed by atoms with E-state index in [0.717, 1.165) is 21.2 Å². The average molecular weight is 366 g/mol. The Morgan fingerprint density at radius 1 is 1.17 bits per heavy atom. The van der Waals surface area contributed by atoms with Crippen LogP contribution in [-0.4, -0.2) is 10.2 Å². The number of nitriles is 1. The predicted molar refractivity (Wildman–Crippen MR) is 95.4 cm³/mol. The molecule has 0 aliphatic rings. The number of halogens is 2. The van der Waals surface area contributed by atoms with E-state index in [2.05, 4.69) is 30.1 Å². The molecule has 0 aliphatic carbocycles. The molecule has 0 amide bonds. The molecular formula is C17H17Cl2N3S. The maximum absolute atomic E-state index is 8.67. The summed E-state index contributed by atoms with van der Waals surface area (Å²) in [5.41, 5.74) is 3.07. The normalized spacial score (nSPS) is 10.8. The number of nitrogens with zero attached hydrogens (tertiary/aromatic N) is 3. The van der Waals surface area contributed by atoms with Gasteiger partial charge in [-0.05, 0) is 48.6 Å². The summed E-state index contributed by atoms with van der Waals surface area (Å²) >= 11 is 14.1. The van der Waals surface area contributed by atoms with Crippen LogP contribution in [0.2, 0.25) is 10.0 Å². The van der Waals surface area contributed by atoms with Gasteiger partial charge in [0.05, 0.1) is 26.7 Å². The Balaban J connectivity index is 2.30. The lowest BCUT2D eigenvalue weighted by Gasteiger charge is -2.12. The van der Waals surface area contributed by atoms with Crippen molar-refractivity contribution in [2.75, 3.05) is 0 Å². The summed E-state index contributed by atoms with van der Waals surface area (Å²) in [6.45, 7) is 6.21. The standard InChI is InChI=1S/C17H17Cl2N3S/c1-10(2)13-9-16(22-21-11(13)3)23-17-14(18)7-12(5-4-6-20)8-15(17)19/h7-10H,4-5H2,1-3H3. The van der Waals surface area contributed by atoms with Crippen LogP contribution in [0, 0.1) is 18.3 Å². The fraction of sp³-hybridized carbons (Fsp3) is 0.353. The lowest BCUT2D eigenvalue weighted by Crippen LogP contribution is -1.99. The molecule has 0 fully saturated rings. The van der Waals surface area contributed by atoms with Crippen molar-refractivity contribution in [3.05, 3.63) is 45.1 Å². The summed E-state index contributed by atoms with van der Waals surface area (Å²) in [7, 11) is 0. The third-order valence-corrected chi connectivity index (χ3v) is 5.28. The zero-order valence-electron chi connectivity index (χ0n) is 13.2. The molecule has 0 N–H and O–H groups in total. The molecule has 0 saturated carbocycles. The topological polar surface area (TPSA) is 49.6 Å². The third-order valence-electron chi connectivity index (χ3n) is 3.41. The second kappa shape index (κ2) is 8.01. The Labute approximate surface area is 151 Å². The summed E-state index contributed by atoms with van der Waals surface area (Å²) in [6, 6.07) is 7.88. The number of rotatable bonds is 5. The number of hydrogen-bond acceptors (Lipinski definition) is 4. The Bertz CT molecular complexity index is 731. The van der Waals surface area contributed by atoms with E-state index in [1.807, 2.05) is 25.1 Å². The highest BCUT2D eigenvalue weighted by Gasteiger charge is 2.13. The molecule has 3 nitrogen and oxygen atoms in total. The van der Waals surface area contributed by atoms with Crippen molar-refractivity contribution in [1.82, 2.24) is 10.2 Å². The van der Waals surface area contributed by atoms with Crippen LogP contribution < -0.4 is 0 Å². The van der Waals surface area contributed by atoms with Crippen LogP contribution >= 0.6 is 35.0 Å². The molecule has 1 aromatic carbocycles. The minimum Gasteiger partial charge on any atom is -0.198 e. The van der Waals surface area contributed by atoms with E-state index in [-0.39, 0.29) is 0 Å². The Hall–Kier alpha value is -1.28. The van der Waals surface area contributed by atoms with Crippen LogP contribution in [0.25, 0.3) is 0 Å². The fourth-order valence-corrected chi connectivity index (χ4v) is 3.79. The van der Waals surface area contributed by atoms with E-state index in [4.69, 9.17) is 28.5 Å². The van der Waals surface area contributed by atoms with Gasteiger partial charge in [-0.2, -0.15) is 10.4 Å². The van der Waals surface area contributed by atoms with Gasteiger partial charge in [0.15, 0.2) is 0 Å². The highest BCUT2D eigenvalue weighted by atomic mass is 35.5. The summed E-state index contributed by atoms with van der Waals surface area (Å²) in [5, 5.41) is 19.0. The molecule has 0 unspecified atom stereocenters. The fourth-order valence-electron chi connectivity index (χ4n) is 2.24. The first-order chi connectivity index (χ1) is 10.9. The van der Waals surface area contributed by atoms with E-state index in [0.29, 0.717) is 28.8 Å². The van der Waals surface area contributed by atoms with E-state index in [1.165, 1.54) is 17.3 Å². The molecule has 2 aromatic rings. The van der Waals surface area contributed by atoms with Gasteiger partial charge in [0, 0.05) is 6.42 Å². The number of benzene rings is 1. The van der Waals surface area contributed by atoms with Crippen LogP contribution in [0.4, 0.5) is 0 Å². The SMILES string of the molecule is Cc1nnc(Sc2c(Cl)cc(CCC#N)cc2Cl)cc1C(C)C. The summed E-state index contributed by atoms with van der Waals surface area (Å²) in [6.07, 6.45) is 1.09.